The lowest BCUT2D eigenvalue weighted by molar-refractivity contribution is -0.392. The minimum Gasteiger partial charge on any atom is -0.450 e. The van der Waals surface area contributed by atoms with Gasteiger partial charge in [0, 0.05) is 11.8 Å². The van der Waals surface area contributed by atoms with Crippen LogP contribution in [-0.4, -0.2) is 36.6 Å². The van der Waals surface area contributed by atoms with Gasteiger partial charge in [-0.05, 0) is 19.1 Å². The Morgan fingerprint density at radius 2 is 1.53 bits per heavy atom. The van der Waals surface area contributed by atoms with Crippen LogP contribution in [0.25, 0.3) is 0 Å². The van der Waals surface area contributed by atoms with Crippen molar-refractivity contribution in [3.8, 4) is 5.75 Å². The fourth-order valence-corrected chi connectivity index (χ4v) is 1.71. The van der Waals surface area contributed by atoms with Crippen LogP contribution in [0, 0.1) is 0 Å². The first kappa shape index (κ1) is 25.3. The van der Waals surface area contributed by atoms with Gasteiger partial charge in [0.2, 0.25) is 5.83 Å². The molecule has 1 rings (SSSR count). The van der Waals surface area contributed by atoms with Crippen LogP contribution >= 0.6 is 0 Å². The Kier molecular flexibility index (Phi) is 7.21. The fourth-order valence-electron chi connectivity index (χ4n) is 1.71. The molecule has 0 aromatic heterocycles. The largest absolute Gasteiger partial charge is 0.460 e. The van der Waals surface area contributed by atoms with Crippen LogP contribution < -0.4 is 10.1 Å². The van der Waals surface area contributed by atoms with Gasteiger partial charge in [-0.1, -0.05) is 6.07 Å². The van der Waals surface area contributed by atoms with Crippen LogP contribution in [0.1, 0.15) is 6.92 Å². The minimum atomic E-state index is -7.41. The van der Waals surface area contributed by atoms with Gasteiger partial charge in [-0.25, -0.2) is 4.79 Å². The molecule has 30 heavy (non-hydrogen) atoms. The Bertz CT molecular complexity index is 805. The minimum absolute atomic E-state index is 0.0730. The van der Waals surface area contributed by atoms with Crippen molar-refractivity contribution in [2.45, 2.75) is 30.9 Å². The molecule has 0 atom stereocenters. The third kappa shape index (κ3) is 4.87. The summed E-state index contributed by atoms with van der Waals surface area (Å²) in [6.07, 6.45) is -8.25. The summed E-state index contributed by atoms with van der Waals surface area (Å²) in [4.78, 5) is 11.2. The van der Waals surface area contributed by atoms with E-state index in [0.717, 1.165) is 18.2 Å². The summed E-state index contributed by atoms with van der Waals surface area (Å²) >= 11 is 0. The highest BCUT2D eigenvalue weighted by Crippen LogP contribution is 2.55. The fraction of sp³-hybridized carbons (Fsp3) is 0.400. The molecule has 1 N–H and O–H groups in total. The number of alkyl halides is 9. The van der Waals surface area contributed by atoms with Crippen molar-refractivity contribution in [2.75, 3.05) is 11.9 Å². The van der Waals surface area contributed by atoms with Crippen molar-refractivity contribution < 1.29 is 62.6 Å². The quantitative estimate of drug-likeness (QED) is 0.388. The monoisotopic (exact) mass is 461 g/mol. The highest BCUT2D eigenvalue weighted by molar-refractivity contribution is 5.84. The Hall–Kier alpha value is -2.74. The van der Waals surface area contributed by atoms with E-state index in [2.05, 4.69) is 9.47 Å². The molecule has 1 amide bonds. The summed E-state index contributed by atoms with van der Waals surface area (Å²) in [6.45, 7) is 1.36. The van der Waals surface area contributed by atoms with Crippen LogP contribution in [0.15, 0.2) is 36.1 Å². The molecule has 1 aromatic carbocycles. The van der Waals surface area contributed by atoms with Gasteiger partial charge in [-0.2, -0.15) is 48.3 Å². The highest BCUT2D eigenvalue weighted by atomic mass is 19.4. The maximum atomic E-state index is 13.5. The summed E-state index contributed by atoms with van der Waals surface area (Å²) < 4.78 is 150. The molecular formula is C15H10F11NO3. The van der Waals surface area contributed by atoms with E-state index in [1.165, 1.54) is 6.92 Å². The lowest BCUT2D eigenvalue weighted by atomic mass is 10.0. The number of halogens is 11. The number of hydrogen-bond donors (Lipinski definition) is 1. The molecule has 0 aliphatic heterocycles. The van der Waals surface area contributed by atoms with Gasteiger partial charge in [-0.15, -0.1) is 0 Å². The van der Waals surface area contributed by atoms with Crippen molar-refractivity contribution in [1.82, 2.24) is 0 Å². The number of anilines is 1. The number of allylic oxidation sites excluding steroid dienone is 1. The van der Waals surface area contributed by atoms with Gasteiger partial charge < -0.3 is 9.47 Å². The summed E-state index contributed by atoms with van der Waals surface area (Å²) in [5.41, 5.74) is -0.250. The molecule has 0 saturated heterocycles. The van der Waals surface area contributed by atoms with Gasteiger partial charge >= 0.3 is 36.1 Å². The van der Waals surface area contributed by atoms with Crippen molar-refractivity contribution in [1.29, 1.82) is 0 Å². The summed E-state index contributed by atoms with van der Waals surface area (Å²) in [5, 5.41) is 2.01. The van der Waals surface area contributed by atoms with Gasteiger partial charge in [0.05, 0.1) is 6.61 Å². The smallest absolute Gasteiger partial charge is 0.450 e. The van der Waals surface area contributed by atoms with Crippen LogP contribution in [-0.2, 0) is 4.74 Å². The first-order valence-electron chi connectivity index (χ1n) is 7.46. The zero-order valence-electron chi connectivity index (χ0n) is 14.4. The van der Waals surface area contributed by atoms with Crippen molar-refractivity contribution >= 4 is 11.8 Å². The second kappa shape index (κ2) is 8.55. The van der Waals surface area contributed by atoms with Gasteiger partial charge in [0.1, 0.15) is 5.75 Å². The number of amides is 1. The predicted octanol–water partition coefficient (Wildman–Crippen LogP) is 6.21. The molecule has 4 nitrogen and oxygen atoms in total. The SMILES string of the molecule is CCOC(=O)Nc1cccc(OC(F)=C(F)C(F)(F)C(F)(F)C(F)(F)C(F)(F)F)c1. The maximum Gasteiger partial charge on any atom is 0.460 e. The molecule has 0 unspecified atom stereocenters. The number of rotatable bonds is 7. The third-order valence-electron chi connectivity index (χ3n) is 3.16. The van der Waals surface area contributed by atoms with E-state index >= 15 is 0 Å². The normalized spacial score (nSPS) is 14.1. The first-order chi connectivity index (χ1) is 13.5. The lowest BCUT2D eigenvalue weighted by Gasteiger charge is -2.32. The van der Waals surface area contributed by atoms with E-state index in [1.54, 1.807) is 0 Å². The number of ether oxygens (including phenoxy) is 2. The summed E-state index contributed by atoms with van der Waals surface area (Å²) in [5.74, 6) is -26.7. The van der Waals surface area contributed by atoms with E-state index in [1.807, 2.05) is 5.32 Å². The second-order valence-corrected chi connectivity index (χ2v) is 5.28. The van der Waals surface area contributed by atoms with Gasteiger partial charge in [0.25, 0.3) is 0 Å². The standard InChI is InChI=1S/C15H10F11NO3/c1-2-29-11(28)27-7-4-3-5-8(6-7)30-10(17)9(16)12(18,19)13(20,21)14(22,23)15(24,25)26/h3-6H,2H2,1H3,(H,27,28). The van der Waals surface area contributed by atoms with Crippen molar-refractivity contribution in [2.24, 2.45) is 0 Å². The molecule has 0 fully saturated rings. The Balaban J connectivity index is 3.20. The van der Waals surface area contributed by atoms with E-state index < -0.39 is 47.6 Å². The van der Waals surface area contributed by atoms with Crippen molar-refractivity contribution in [3.63, 3.8) is 0 Å². The summed E-state index contributed by atoms with van der Waals surface area (Å²) in [7, 11) is 0. The van der Waals surface area contributed by atoms with Crippen molar-refractivity contribution in [3.05, 3.63) is 36.1 Å². The van der Waals surface area contributed by atoms with E-state index in [9.17, 15) is 53.1 Å². The predicted molar refractivity (Wildman–Crippen MR) is 77.9 cm³/mol. The van der Waals surface area contributed by atoms with E-state index in [0.29, 0.717) is 6.07 Å². The number of benzene rings is 1. The zero-order chi connectivity index (χ0) is 23.5. The number of carbonyl (C=O) groups is 1. The number of hydrogen-bond acceptors (Lipinski definition) is 3. The number of nitrogens with one attached hydrogen (secondary N) is 1. The first-order valence-corrected chi connectivity index (χ1v) is 7.46. The Morgan fingerprint density at radius 3 is 2.03 bits per heavy atom. The van der Waals surface area contributed by atoms with Gasteiger partial charge in [-0.3, -0.25) is 5.32 Å². The number of carbonyl (C=O) groups excluding carboxylic acids is 1. The van der Waals surface area contributed by atoms with E-state index in [4.69, 9.17) is 0 Å². The van der Waals surface area contributed by atoms with Crippen LogP contribution in [0.4, 0.5) is 58.8 Å². The second-order valence-electron chi connectivity index (χ2n) is 5.28. The average molecular weight is 461 g/mol. The Labute approximate surface area is 160 Å². The van der Waals surface area contributed by atoms with Gasteiger partial charge in [0.15, 0.2) is 0 Å². The maximum absolute atomic E-state index is 13.5. The Morgan fingerprint density at radius 1 is 0.967 bits per heavy atom. The van der Waals surface area contributed by atoms with E-state index in [-0.39, 0.29) is 12.3 Å². The molecule has 0 aliphatic carbocycles. The molecular weight excluding hydrogens is 451 g/mol. The zero-order valence-corrected chi connectivity index (χ0v) is 14.4. The molecule has 0 heterocycles. The molecule has 15 heteroatoms. The molecule has 0 spiro atoms. The molecule has 170 valence electrons. The molecule has 0 saturated carbocycles. The van der Waals surface area contributed by atoms with Crippen LogP contribution in [0.5, 0.6) is 5.75 Å². The topological polar surface area (TPSA) is 47.6 Å². The third-order valence-corrected chi connectivity index (χ3v) is 3.16. The van der Waals surface area contributed by atoms with Crippen LogP contribution in [0.3, 0.4) is 0 Å². The van der Waals surface area contributed by atoms with Crippen LogP contribution in [0.2, 0.25) is 0 Å². The molecule has 0 aliphatic rings. The summed E-state index contributed by atoms with van der Waals surface area (Å²) in [6, 6.07) is 0.223. The molecule has 0 radical (unpaired) electrons. The average Bonchev–Trinajstić information content (AvgIpc) is 2.60. The highest BCUT2D eigenvalue weighted by Gasteiger charge is 2.83. The molecule has 1 aromatic rings. The lowest BCUT2D eigenvalue weighted by Crippen LogP contribution is -2.61. The molecule has 0 bridgehead atoms.